The molecule has 0 atom stereocenters. The van der Waals surface area contributed by atoms with Crippen molar-refractivity contribution < 1.29 is 18.0 Å². The molecule has 0 saturated heterocycles. The largest absolute Gasteiger partial charge is 0.418 e. The second kappa shape index (κ2) is 5.47. The predicted molar refractivity (Wildman–Crippen MR) is 72.2 cm³/mol. The topological polar surface area (TPSA) is 59.0 Å². The number of benzene rings is 1. The number of nitrogens with one attached hydrogen (secondary N) is 2. The summed E-state index contributed by atoms with van der Waals surface area (Å²) < 4.78 is 40.2. The Bertz CT molecular complexity index is 664. The van der Waals surface area contributed by atoms with E-state index >= 15 is 0 Å². The molecule has 0 spiro atoms. The molecule has 1 aromatic carbocycles. The quantitative estimate of drug-likeness (QED) is 0.916. The van der Waals surface area contributed by atoms with Gasteiger partial charge in [-0.25, -0.2) is 0 Å². The molecule has 0 saturated carbocycles. The van der Waals surface area contributed by atoms with Gasteiger partial charge in [-0.05, 0) is 12.1 Å². The molecule has 2 N–H and O–H groups in total. The van der Waals surface area contributed by atoms with Crippen molar-refractivity contribution in [3.05, 3.63) is 41.7 Å². The first-order chi connectivity index (χ1) is 9.82. The summed E-state index contributed by atoms with van der Waals surface area (Å²) in [6.45, 7) is 0. The highest BCUT2D eigenvalue weighted by atomic mass is 19.4. The average molecular weight is 298 g/mol. The van der Waals surface area contributed by atoms with Crippen LogP contribution in [0.15, 0.2) is 30.6 Å². The molecular formula is C13H13F3N4O. The Hall–Kier alpha value is -2.51. The van der Waals surface area contributed by atoms with Crippen LogP contribution in [-0.4, -0.2) is 22.7 Å². The van der Waals surface area contributed by atoms with Gasteiger partial charge in [-0.15, -0.1) is 0 Å². The molecule has 2 aromatic rings. The number of aromatic nitrogens is 2. The molecule has 0 aliphatic carbocycles. The lowest BCUT2D eigenvalue weighted by Crippen LogP contribution is -2.17. The summed E-state index contributed by atoms with van der Waals surface area (Å²) in [4.78, 5) is 12.1. The average Bonchev–Trinajstić information content (AvgIpc) is 2.82. The predicted octanol–water partition coefficient (Wildman–Crippen LogP) is 2.73. The zero-order chi connectivity index (χ0) is 15.6. The van der Waals surface area contributed by atoms with Crippen molar-refractivity contribution in [1.29, 1.82) is 0 Å². The third-order valence-corrected chi connectivity index (χ3v) is 2.83. The lowest BCUT2D eigenvalue weighted by atomic mass is 10.1. The molecule has 1 aromatic heterocycles. The van der Waals surface area contributed by atoms with Crippen molar-refractivity contribution in [3.63, 3.8) is 0 Å². The Kier molecular flexibility index (Phi) is 3.88. The Balaban J connectivity index is 2.37. The van der Waals surface area contributed by atoms with Crippen LogP contribution in [-0.2, 0) is 13.2 Å². The van der Waals surface area contributed by atoms with Gasteiger partial charge >= 0.3 is 6.18 Å². The summed E-state index contributed by atoms with van der Waals surface area (Å²) in [5.74, 6) is -0.640. The van der Waals surface area contributed by atoms with E-state index in [-0.39, 0.29) is 11.3 Å². The summed E-state index contributed by atoms with van der Waals surface area (Å²) in [5, 5.41) is 8.81. The molecule has 21 heavy (non-hydrogen) atoms. The van der Waals surface area contributed by atoms with Crippen LogP contribution in [0.25, 0.3) is 0 Å². The molecule has 2 rings (SSSR count). The second-order valence-corrected chi connectivity index (χ2v) is 4.33. The number of hydrogen-bond acceptors (Lipinski definition) is 3. The molecule has 0 aliphatic heterocycles. The Morgan fingerprint density at radius 1 is 1.33 bits per heavy atom. The third-order valence-electron chi connectivity index (χ3n) is 2.83. The molecule has 5 nitrogen and oxygen atoms in total. The summed E-state index contributed by atoms with van der Waals surface area (Å²) in [6, 6.07) is 3.45. The van der Waals surface area contributed by atoms with E-state index in [2.05, 4.69) is 15.7 Å². The SMILES string of the molecule is CNc1c(C(=O)Nc2cnn(C)c2)cccc1C(F)(F)F. The maximum Gasteiger partial charge on any atom is 0.418 e. The number of hydrogen-bond donors (Lipinski definition) is 2. The van der Waals surface area contributed by atoms with Gasteiger partial charge in [0, 0.05) is 20.3 Å². The van der Waals surface area contributed by atoms with Crippen LogP contribution >= 0.6 is 0 Å². The van der Waals surface area contributed by atoms with Crippen LogP contribution in [0, 0.1) is 0 Å². The standard InChI is InChI=1S/C13H13F3N4O/c1-17-11-9(4-3-5-10(11)13(14,15)16)12(21)19-8-6-18-20(2)7-8/h3-7,17H,1-2H3,(H,19,21). The van der Waals surface area contributed by atoms with Crippen LogP contribution in [0.4, 0.5) is 24.5 Å². The van der Waals surface area contributed by atoms with Crippen LogP contribution < -0.4 is 10.6 Å². The number of alkyl halides is 3. The number of para-hydroxylation sites is 1. The van der Waals surface area contributed by atoms with Gasteiger partial charge < -0.3 is 10.6 Å². The van der Waals surface area contributed by atoms with E-state index in [0.717, 1.165) is 6.07 Å². The fourth-order valence-corrected chi connectivity index (χ4v) is 1.93. The first kappa shape index (κ1) is 14.9. The molecule has 0 radical (unpaired) electrons. The fourth-order valence-electron chi connectivity index (χ4n) is 1.93. The van der Waals surface area contributed by atoms with Gasteiger partial charge in [0.1, 0.15) is 0 Å². The normalized spacial score (nSPS) is 11.3. The lowest BCUT2D eigenvalue weighted by molar-refractivity contribution is -0.136. The summed E-state index contributed by atoms with van der Waals surface area (Å²) in [7, 11) is 3.00. The summed E-state index contributed by atoms with van der Waals surface area (Å²) in [5.41, 5.74) is -0.826. The number of carbonyl (C=O) groups is 1. The minimum atomic E-state index is -4.54. The third kappa shape index (κ3) is 3.15. The molecule has 1 heterocycles. The number of anilines is 2. The van der Waals surface area contributed by atoms with Gasteiger partial charge in [0.15, 0.2) is 0 Å². The van der Waals surface area contributed by atoms with Crippen molar-refractivity contribution in [2.45, 2.75) is 6.18 Å². The zero-order valence-corrected chi connectivity index (χ0v) is 11.3. The van der Waals surface area contributed by atoms with E-state index in [9.17, 15) is 18.0 Å². The Morgan fingerprint density at radius 2 is 2.05 bits per heavy atom. The highest BCUT2D eigenvalue weighted by molar-refractivity contribution is 6.08. The van der Waals surface area contributed by atoms with Crippen LogP contribution in [0.3, 0.4) is 0 Å². The number of carbonyl (C=O) groups excluding carboxylic acids is 1. The van der Waals surface area contributed by atoms with Crippen molar-refractivity contribution in [3.8, 4) is 0 Å². The molecule has 1 amide bonds. The number of halogens is 3. The number of rotatable bonds is 3. The van der Waals surface area contributed by atoms with Crippen LogP contribution in [0.1, 0.15) is 15.9 Å². The second-order valence-electron chi connectivity index (χ2n) is 4.33. The van der Waals surface area contributed by atoms with Gasteiger partial charge in [0.2, 0.25) is 0 Å². The van der Waals surface area contributed by atoms with E-state index in [1.165, 1.54) is 30.1 Å². The van der Waals surface area contributed by atoms with Crippen molar-refractivity contribution >= 4 is 17.3 Å². The molecule has 112 valence electrons. The van der Waals surface area contributed by atoms with Gasteiger partial charge in [-0.1, -0.05) is 6.07 Å². The van der Waals surface area contributed by atoms with Gasteiger partial charge in [-0.3, -0.25) is 9.48 Å². The van der Waals surface area contributed by atoms with Gasteiger partial charge in [-0.2, -0.15) is 18.3 Å². The maximum atomic E-state index is 12.9. The molecule has 0 fully saturated rings. The first-order valence-electron chi connectivity index (χ1n) is 6.01. The van der Waals surface area contributed by atoms with Crippen LogP contribution in [0.5, 0.6) is 0 Å². The van der Waals surface area contributed by atoms with E-state index in [4.69, 9.17) is 0 Å². The summed E-state index contributed by atoms with van der Waals surface area (Å²) in [6.07, 6.45) is -1.59. The van der Waals surface area contributed by atoms with Crippen molar-refractivity contribution in [1.82, 2.24) is 9.78 Å². The van der Waals surface area contributed by atoms with Gasteiger partial charge in [0.25, 0.3) is 5.91 Å². The number of aryl methyl sites for hydroxylation is 1. The Labute approximate surface area is 118 Å². The first-order valence-corrected chi connectivity index (χ1v) is 6.01. The fraction of sp³-hybridized carbons (Fsp3) is 0.231. The van der Waals surface area contributed by atoms with E-state index < -0.39 is 17.6 Å². The van der Waals surface area contributed by atoms with Crippen molar-refractivity contribution in [2.75, 3.05) is 17.7 Å². The minimum Gasteiger partial charge on any atom is -0.387 e. The van der Waals surface area contributed by atoms with E-state index in [1.54, 1.807) is 13.2 Å². The minimum absolute atomic E-state index is 0.0869. The smallest absolute Gasteiger partial charge is 0.387 e. The van der Waals surface area contributed by atoms with E-state index in [1.807, 2.05) is 0 Å². The monoisotopic (exact) mass is 298 g/mol. The maximum absolute atomic E-state index is 12.9. The van der Waals surface area contributed by atoms with Crippen molar-refractivity contribution in [2.24, 2.45) is 7.05 Å². The highest BCUT2D eigenvalue weighted by Gasteiger charge is 2.34. The molecule has 8 heteroatoms. The zero-order valence-electron chi connectivity index (χ0n) is 11.3. The lowest BCUT2D eigenvalue weighted by Gasteiger charge is -2.16. The number of amides is 1. The van der Waals surface area contributed by atoms with Crippen LogP contribution in [0.2, 0.25) is 0 Å². The summed E-state index contributed by atoms with van der Waals surface area (Å²) >= 11 is 0. The molecule has 0 aliphatic rings. The molecular weight excluding hydrogens is 285 g/mol. The Morgan fingerprint density at radius 3 is 2.57 bits per heavy atom. The van der Waals surface area contributed by atoms with E-state index in [0.29, 0.717) is 5.69 Å². The highest BCUT2D eigenvalue weighted by Crippen LogP contribution is 2.36. The molecule has 0 bridgehead atoms. The molecule has 0 unspecified atom stereocenters. The van der Waals surface area contributed by atoms with Gasteiger partial charge in [0.05, 0.1) is 28.7 Å². The number of nitrogens with zero attached hydrogens (tertiary/aromatic N) is 2.